The van der Waals surface area contributed by atoms with Gasteiger partial charge >= 0.3 is 0 Å². The number of rotatable bonds is 7. The first-order valence-corrected chi connectivity index (χ1v) is 15.9. The van der Waals surface area contributed by atoms with Gasteiger partial charge in [0.2, 0.25) is 0 Å². The van der Waals surface area contributed by atoms with E-state index in [-0.39, 0.29) is 10.8 Å². The number of carbonyl (C=O) groups excluding carboxylic acids is 1. The van der Waals surface area contributed by atoms with Gasteiger partial charge in [0.15, 0.2) is 5.13 Å². The van der Waals surface area contributed by atoms with Crippen molar-refractivity contribution in [1.29, 1.82) is 0 Å². The predicted octanol–water partition coefficient (Wildman–Crippen LogP) is 4.22. The van der Waals surface area contributed by atoms with Gasteiger partial charge in [0.05, 0.1) is 20.8 Å². The van der Waals surface area contributed by atoms with E-state index in [0.29, 0.717) is 25.1 Å². The molecule has 3 aromatic carbocycles. The van der Waals surface area contributed by atoms with Crippen molar-refractivity contribution in [3.63, 3.8) is 0 Å². The Hall–Kier alpha value is -3.47. The highest BCUT2D eigenvalue weighted by Crippen LogP contribution is 2.34. The SMILES string of the molecule is Cc1ccc(C)c2sc(N3CCN(CCNC(=O)c4ccc(S(=O)(=O)N5CCc6ccccc65)cc4)CC3)nc12. The highest BCUT2D eigenvalue weighted by molar-refractivity contribution is 7.92. The number of fused-ring (bicyclic) bond motifs is 2. The second kappa shape index (κ2) is 10.8. The highest BCUT2D eigenvalue weighted by atomic mass is 32.2. The van der Waals surface area contributed by atoms with Crippen LogP contribution in [0.25, 0.3) is 10.2 Å². The number of hydrogen-bond acceptors (Lipinski definition) is 7. The molecule has 1 saturated heterocycles. The highest BCUT2D eigenvalue weighted by Gasteiger charge is 2.30. The number of para-hydroxylation sites is 1. The molecule has 2 aliphatic rings. The van der Waals surface area contributed by atoms with Gasteiger partial charge in [0, 0.05) is 51.4 Å². The fourth-order valence-corrected chi connectivity index (χ4v) is 8.11. The van der Waals surface area contributed by atoms with Crippen molar-refractivity contribution in [3.05, 3.63) is 82.9 Å². The third kappa shape index (κ3) is 5.07. The summed E-state index contributed by atoms with van der Waals surface area (Å²) < 4.78 is 29.2. The van der Waals surface area contributed by atoms with E-state index in [0.717, 1.165) is 54.6 Å². The van der Waals surface area contributed by atoms with Gasteiger partial charge in [-0.05, 0) is 67.3 Å². The molecule has 6 rings (SSSR count). The molecule has 1 N–H and O–H groups in total. The Labute approximate surface area is 239 Å². The van der Waals surface area contributed by atoms with E-state index in [4.69, 9.17) is 4.98 Å². The maximum Gasteiger partial charge on any atom is 0.264 e. The van der Waals surface area contributed by atoms with E-state index in [1.165, 1.54) is 32.3 Å². The van der Waals surface area contributed by atoms with Crippen LogP contribution in [0.1, 0.15) is 27.0 Å². The molecule has 0 atom stereocenters. The zero-order valence-electron chi connectivity index (χ0n) is 22.8. The summed E-state index contributed by atoms with van der Waals surface area (Å²) in [7, 11) is -3.68. The van der Waals surface area contributed by atoms with Gasteiger partial charge in [-0.15, -0.1) is 0 Å². The van der Waals surface area contributed by atoms with E-state index in [2.05, 4.69) is 41.1 Å². The molecule has 0 spiro atoms. The van der Waals surface area contributed by atoms with Crippen LogP contribution >= 0.6 is 11.3 Å². The normalized spacial score (nSPS) is 15.9. The molecule has 1 fully saturated rings. The molecule has 0 radical (unpaired) electrons. The van der Waals surface area contributed by atoms with Gasteiger partial charge in [-0.2, -0.15) is 0 Å². The number of nitrogens with one attached hydrogen (secondary N) is 1. The summed E-state index contributed by atoms with van der Waals surface area (Å²) in [6, 6.07) is 18.1. The van der Waals surface area contributed by atoms with Crippen molar-refractivity contribution in [1.82, 2.24) is 15.2 Å². The lowest BCUT2D eigenvalue weighted by Crippen LogP contribution is -2.48. The molecule has 208 valence electrons. The van der Waals surface area contributed by atoms with Crippen LogP contribution in [0.5, 0.6) is 0 Å². The number of benzene rings is 3. The minimum Gasteiger partial charge on any atom is -0.351 e. The van der Waals surface area contributed by atoms with Crippen LogP contribution < -0.4 is 14.5 Å². The zero-order chi connectivity index (χ0) is 27.9. The second-order valence-corrected chi connectivity index (χ2v) is 13.3. The van der Waals surface area contributed by atoms with E-state index >= 15 is 0 Å². The summed E-state index contributed by atoms with van der Waals surface area (Å²) in [5, 5.41) is 4.06. The molecule has 0 saturated carbocycles. The van der Waals surface area contributed by atoms with Crippen LogP contribution in [0.2, 0.25) is 0 Å². The van der Waals surface area contributed by atoms with Crippen molar-refractivity contribution in [2.45, 2.75) is 25.2 Å². The Kier molecular flexibility index (Phi) is 7.24. The van der Waals surface area contributed by atoms with E-state index in [1.54, 1.807) is 23.5 Å². The van der Waals surface area contributed by atoms with E-state index < -0.39 is 10.0 Å². The van der Waals surface area contributed by atoms with Crippen molar-refractivity contribution < 1.29 is 13.2 Å². The molecule has 8 nitrogen and oxygen atoms in total. The fraction of sp³-hybridized carbons (Fsp3) is 0.333. The van der Waals surface area contributed by atoms with Crippen LogP contribution in [0.4, 0.5) is 10.8 Å². The maximum absolute atomic E-state index is 13.2. The number of amides is 1. The quantitative estimate of drug-likeness (QED) is 0.355. The number of hydrogen-bond donors (Lipinski definition) is 1. The first-order valence-electron chi connectivity index (χ1n) is 13.6. The van der Waals surface area contributed by atoms with E-state index in [9.17, 15) is 13.2 Å². The van der Waals surface area contributed by atoms with Crippen LogP contribution in [-0.4, -0.2) is 70.0 Å². The number of nitrogens with zero attached hydrogens (tertiary/aromatic N) is 4. The number of piperazine rings is 1. The molecule has 4 aromatic rings. The summed E-state index contributed by atoms with van der Waals surface area (Å²) >= 11 is 1.77. The Morgan fingerprint density at radius 2 is 1.65 bits per heavy atom. The van der Waals surface area contributed by atoms with Crippen LogP contribution in [0.15, 0.2) is 65.6 Å². The number of aryl methyl sites for hydroxylation is 2. The van der Waals surface area contributed by atoms with E-state index in [1.807, 2.05) is 24.3 Å². The lowest BCUT2D eigenvalue weighted by molar-refractivity contribution is 0.0947. The van der Waals surface area contributed by atoms with Crippen molar-refractivity contribution in [2.24, 2.45) is 0 Å². The zero-order valence-corrected chi connectivity index (χ0v) is 24.4. The average molecular weight is 576 g/mol. The monoisotopic (exact) mass is 575 g/mol. The predicted molar refractivity (Wildman–Crippen MR) is 161 cm³/mol. The maximum atomic E-state index is 13.2. The number of thiazole rings is 1. The van der Waals surface area contributed by atoms with Gasteiger partial charge in [0.1, 0.15) is 0 Å². The molecular formula is C30H33N5O3S2. The number of aromatic nitrogens is 1. The molecule has 1 amide bonds. The summed E-state index contributed by atoms with van der Waals surface area (Å²) in [5.74, 6) is -0.200. The Balaban J connectivity index is 0.998. The summed E-state index contributed by atoms with van der Waals surface area (Å²) in [5.41, 5.74) is 5.81. The first kappa shape index (κ1) is 26.7. The average Bonchev–Trinajstić information content (AvgIpc) is 3.62. The molecule has 40 heavy (non-hydrogen) atoms. The third-order valence-corrected chi connectivity index (χ3v) is 10.9. The Morgan fingerprint density at radius 1 is 0.925 bits per heavy atom. The van der Waals surface area contributed by atoms with Gasteiger partial charge in [-0.25, -0.2) is 13.4 Å². The molecule has 3 heterocycles. The van der Waals surface area contributed by atoms with Gasteiger partial charge in [0.25, 0.3) is 15.9 Å². The number of sulfonamides is 1. The van der Waals surface area contributed by atoms with Gasteiger partial charge in [-0.1, -0.05) is 41.7 Å². The molecular weight excluding hydrogens is 542 g/mol. The molecule has 1 aromatic heterocycles. The van der Waals surface area contributed by atoms with Crippen molar-refractivity contribution in [2.75, 3.05) is 55.0 Å². The van der Waals surface area contributed by atoms with Crippen LogP contribution in [0, 0.1) is 13.8 Å². The third-order valence-electron chi connectivity index (χ3n) is 7.84. The minimum absolute atomic E-state index is 0.192. The van der Waals surface area contributed by atoms with Gasteiger partial charge in [-0.3, -0.25) is 14.0 Å². The standard InChI is InChI=1S/C30H33N5O3S2/c1-21-7-8-22(2)28-27(21)32-30(39-28)34-19-17-33(18-20-34)16-14-31-29(36)24-9-11-25(12-10-24)40(37,38)35-15-13-23-5-3-4-6-26(23)35/h3-12H,13-20H2,1-2H3,(H,31,36). The summed E-state index contributed by atoms with van der Waals surface area (Å²) in [4.78, 5) is 22.6. The smallest absolute Gasteiger partial charge is 0.264 e. The molecule has 10 heteroatoms. The van der Waals surface area contributed by atoms with Crippen molar-refractivity contribution in [3.8, 4) is 0 Å². The minimum atomic E-state index is -3.68. The van der Waals surface area contributed by atoms with Gasteiger partial charge < -0.3 is 10.2 Å². The fourth-order valence-electron chi connectivity index (χ4n) is 5.44. The molecule has 0 unspecified atom stereocenters. The van der Waals surface area contributed by atoms with Crippen LogP contribution in [0.3, 0.4) is 0 Å². The molecule has 0 aliphatic carbocycles. The lowest BCUT2D eigenvalue weighted by Gasteiger charge is -2.34. The lowest BCUT2D eigenvalue weighted by atomic mass is 10.1. The Morgan fingerprint density at radius 3 is 2.40 bits per heavy atom. The topological polar surface area (TPSA) is 85.8 Å². The largest absolute Gasteiger partial charge is 0.351 e. The first-order chi connectivity index (χ1) is 19.3. The molecule has 2 aliphatic heterocycles. The van der Waals surface area contributed by atoms with Crippen LogP contribution in [-0.2, 0) is 16.4 Å². The number of carbonyl (C=O) groups is 1. The number of anilines is 2. The second-order valence-electron chi connectivity index (χ2n) is 10.4. The summed E-state index contributed by atoms with van der Waals surface area (Å²) in [6.45, 7) is 9.61. The summed E-state index contributed by atoms with van der Waals surface area (Å²) in [6.07, 6.45) is 0.701. The molecule has 0 bridgehead atoms. The van der Waals surface area contributed by atoms with Crippen molar-refractivity contribution >= 4 is 48.3 Å². The Bertz CT molecular complexity index is 1620.